The third-order valence-corrected chi connectivity index (χ3v) is 3.47. The number of aromatic nitrogens is 1. The molecule has 1 amide bonds. The molecule has 1 heterocycles. The molecule has 0 bridgehead atoms. The van der Waals surface area contributed by atoms with Crippen LogP contribution in [0.25, 0.3) is 6.08 Å². The molecule has 2 N–H and O–H groups in total. The van der Waals surface area contributed by atoms with Crippen molar-refractivity contribution in [3.05, 3.63) is 66.5 Å². The van der Waals surface area contributed by atoms with E-state index in [0.717, 1.165) is 5.56 Å². The number of pyridine rings is 1. The van der Waals surface area contributed by atoms with Gasteiger partial charge in [0.15, 0.2) is 0 Å². The van der Waals surface area contributed by atoms with Crippen molar-refractivity contribution in [2.75, 3.05) is 5.32 Å². The number of benzene rings is 1. The second-order valence-electron chi connectivity index (χ2n) is 4.61. The molecule has 0 aliphatic carbocycles. The highest BCUT2D eigenvalue weighted by atomic mass is 35.6. The normalized spacial score (nSPS) is 12.8. The Labute approximate surface area is 149 Å². The Morgan fingerprint density at radius 3 is 2.48 bits per heavy atom. The summed E-state index contributed by atoms with van der Waals surface area (Å²) in [6, 6.07) is 12.9. The minimum Gasteiger partial charge on any atom is -0.361 e. The zero-order chi connectivity index (χ0) is 16.7. The van der Waals surface area contributed by atoms with Crippen LogP contribution in [0.4, 0.5) is 5.69 Å². The number of amides is 1. The summed E-state index contributed by atoms with van der Waals surface area (Å²) < 4.78 is -1.73. The fourth-order valence-electron chi connectivity index (χ4n) is 1.74. The van der Waals surface area contributed by atoms with Gasteiger partial charge >= 0.3 is 0 Å². The number of alkyl halides is 3. The Kier molecular flexibility index (Phi) is 6.28. The summed E-state index contributed by atoms with van der Waals surface area (Å²) in [6.45, 7) is 0. The van der Waals surface area contributed by atoms with Crippen LogP contribution in [0.5, 0.6) is 0 Å². The van der Waals surface area contributed by atoms with Gasteiger partial charge in [0, 0.05) is 18.5 Å². The Balaban J connectivity index is 2.03. The monoisotopic (exact) mass is 369 g/mol. The van der Waals surface area contributed by atoms with E-state index in [1.54, 1.807) is 30.6 Å². The second kappa shape index (κ2) is 8.20. The van der Waals surface area contributed by atoms with Gasteiger partial charge in [-0.25, -0.2) is 0 Å². The highest BCUT2D eigenvalue weighted by Crippen LogP contribution is 2.30. The smallest absolute Gasteiger partial charge is 0.245 e. The van der Waals surface area contributed by atoms with E-state index in [1.165, 1.54) is 6.08 Å². The average molecular weight is 371 g/mol. The molecule has 0 fully saturated rings. The quantitative estimate of drug-likeness (QED) is 0.475. The Morgan fingerprint density at radius 1 is 1.13 bits per heavy atom. The van der Waals surface area contributed by atoms with E-state index in [4.69, 9.17) is 34.8 Å². The molecule has 0 saturated heterocycles. The van der Waals surface area contributed by atoms with Gasteiger partial charge in [0.1, 0.15) is 6.17 Å². The number of carbonyl (C=O) groups is 1. The third-order valence-electron chi connectivity index (χ3n) is 2.81. The van der Waals surface area contributed by atoms with Gasteiger partial charge in [-0.1, -0.05) is 65.1 Å². The molecule has 4 nitrogen and oxygen atoms in total. The maximum Gasteiger partial charge on any atom is 0.245 e. The van der Waals surface area contributed by atoms with Crippen LogP contribution in [-0.2, 0) is 4.79 Å². The highest BCUT2D eigenvalue weighted by molar-refractivity contribution is 6.68. The molecular formula is C16H14Cl3N3O. The molecule has 2 rings (SSSR count). The lowest BCUT2D eigenvalue weighted by Crippen LogP contribution is -2.48. The van der Waals surface area contributed by atoms with Gasteiger partial charge < -0.3 is 10.6 Å². The standard InChI is InChI=1S/C16H14Cl3N3O/c17-16(18,19)15(21-13-7-4-10-20-11-13)22-14(23)9-8-12-5-2-1-3-6-12/h1-11,15,21H,(H,22,23)/b9-8+. The van der Waals surface area contributed by atoms with Crippen molar-refractivity contribution in [2.24, 2.45) is 0 Å². The van der Waals surface area contributed by atoms with E-state index in [0.29, 0.717) is 5.69 Å². The Bertz CT molecular complexity index is 657. The Hall–Kier alpha value is -1.75. The van der Waals surface area contributed by atoms with Gasteiger partial charge in [0.05, 0.1) is 5.69 Å². The number of halogens is 3. The van der Waals surface area contributed by atoms with Gasteiger partial charge in [-0.2, -0.15) is 0 Å². The molecular weight excluding hydrogens is 357 g/mol. The number of rotatable bonds is 5. The number of carbonyl (C=O) groups excluding carboxylic acids is 1. The van der Waals surface area contributed by atoms with E-state index in [9.17, 15) is 4.79 Å². The predicted octanol–water partition coefficient (Wildman–Crippen LogP) is 4.02. The molecule has 0 aliphatic heterocycles. The van der Waals surface area contributed by atoms with Crippen molar-refractivity contribution in [1.82, 2.24) is 10.3 Å². The fourth-order valence-corrected chi connectivity index (χ4v) is 2.07. The summed E-state index contributed by atoms with van der Waals surface area (Å²) in [5.41, 5.74) is 1.52. The zero-order valence-electron chi connectivity index (χ0n) is 11.9. The molecule has 120 valence electrons. The van der Waals surface area contributed by atoms with E-state index in [2.05, 4.69) is 15.6 Å². The number of anilines is 1. The molecule has 23 heavy (non-hydrogen) atoms. The van der Waals surface area contributed by atoms with Crippen LogP contribution in [0.1, 0.15) is 5.56 Å². The van der Waals surface area contributed by atoms with Crippen LogP contribution in [0, 0.1) is 0 Å². The first-order valence-corrected chi connectivity index (χ1v) is 7.85. The molecule has 0 aliphatic rings. The van der Waals surface area contributed by atoms with Crippen LogP contribution in [0.2, 0.25) is 0 Å². The first kappa shape index (κ1) is 17.6. The third kappa shape index (κ3) is 6.10. The maximum absolute atomic E-state index is 12.0. The van der Waals surface area contributed by atoms with Gasteiger partial charge in [0.2, 0.25) is 9.70 Å². The van der Waals surface area contributed by atoms with Crippen molar-refractivity contribution in [1.29, 1.82) is 0 Å². The second-order valence-corrected chi connectivity index (χ2v) is 6.98. The van der Waals surface area contributed by atoms with Crippen molar-refractivity contribution in [2.45, 2.75) is 9.96 Å². The zero-order valence-corrected chi connectivity index (χ0v) is 14.2. The van der Waals surface area contributed by atoms with E-state index in [1.807, 2.05) is 30.3 Å². The molecule has 0 radical (unpaired) electrons. The van der Waals surface area contributed by atoms with Crippen LogP contribution in [-0.4, -0.2) is 20.8 Å². The predicted molar refractivity (Wildman–Crippen MR) is 95.6 cm³/mol. The largest absolute Gasteiger partial charge is 0.361 e. The summed E-state index contributed by atoms with van der Waals surface area (Å²) in [7, 11) is 0. The fraction of sp³-hybridized carbons (Fsp3) is 0.125. The Morgan fingerprint density at radius 2 is 1.87 bits per heavy atom. The van der Waals surface area contributed by atoms with Crippen LogP contribution in [0.15, 0.2) is 60.9 Å². The van der Waals surface area contributed by atoms with Gasteiger partial charge in [-0.3, -0.25) is 9.78 Å². The van der Waals surface area contributed by atoms with E-state index >= 15 is 0 Å². The van der Waals surface area contributed by atoms with Gasteiger partial charge in [-0.05, 0) is 23.8 Å². The van der Waals surface area contributed by atoms with Crippen molar-refractivity contribution >= 4 is 52.5 Å². The van der Waals surface area contributed by atoms with E-state index in [-0.39, 0.29) is 5.91 Å². The summed E-state index contributed by atoms with van der Waals surface area (Å²) in [5.74, 6) is -0.387. The number of hydrogen-bond donors (Lipinski definition) is 2. The molecule has 1 unspecified atom stereocenters. The van der Waals surface area contributed by atoms with Gasteiger partial charge in [0.25, 0.3) is 0 Å². The first-order valence-electron chi connectivity index (χ1n) is 6.72. The van der Waals surface area contributed by atoms with Crippen LogP contribution < -0.4 is 10.6 Å². The summed E-state index contributed by atoms with van der Waals surface area (Å²) in [4.78, 5) is 16.0. The van der Waals surface area contributed by atoms with E-state index < -0.39 is 9.96 Å². The molecule has 0 saturated carbocycles. The minimum atomic E-state index is -1.73. The van der Waals surface area contributed by atoms with Gasteiger partial charge in [-0.15, -0.1) is 0 Å². The lowest BCUT2D eigenvalue weighted by Gasteiger charge is -2.26. The average Bonchev–Trinajstić information content (AvgIpc) is 2.53. The summed E-state index contributed by atoms with van der Waals surface area (Å²) >= 11 is 17.8. The first-order chi connectivity index (χ1) is 10.9. The van der Waals surface area contributed by atoms with Crippen molar-refractivity contribution in [3.8, 4) is 0 Å². The summed E-state index contributed by atoms with van der Waals surface area (Å²) in [6.07, 6.45) is 5.33. The topological polar surface area (TPSA) is 54.0 Å². The lowest BCUT2D eigenvalue weighted by molar-refractivity contribution is -0.116. The number of nitrogens with zero attached hydrogens (tertiary/aromatic N) is 1. The number of nitrogens with one attached hydrogen (secondary N) is 2. The number of hydrogen-bond acceptors (Lipinski definition) is 3. The maximum atomic E-state index is 12.0. The van der Waals surface area contributed by atoms with Crippen LogP contribution >= 0.6 is 34.8 Å². The van der Waals surface area contributed by atoms with Crippen molar-refractivity contribution in [3.63, 3.8) is 0 Å². The molecule has 1 aromatic carbocycles. The van der Waals surface area contributed by atoms with Crippen molar-refractivity contribution < 1.29 is 4.79 Å². The molecule has 1 aromatic heterocycles. The van der Waals surface area contributed by atoms with Crippen LogP contribution in [0.3, 0.4) is 0 Å². The lowest BCUT2D eigenvalue weighted by atomic mass is 10.2. The minimum absolute atomic E-state index is 0.387. The molecule has 1 atom stereocenters. The summed E-state index contributed by atoms with van der Waals surface area (Å²) in [5, 5.41) is 5.54. The SMILES string of the molecule is O=C(/C=C/c1ccccc1)NC(Nc1cccnc1)C(Cl)(Cl)Cl. The molecule has 2 aromatic rings. The molecule has 0 spiro atoms. The molecule has 7 heteroatoms. The highest BCUT2D eigenvalue weighted by Gasteiger charge is 2.33.